The maximum absolute atomic E-state index is 5.58. The summed E-state index contributed by atoms with van der Waals surface area (Å²) in [7, 11) is 0. The molecule has 0 radical (unpaired) electrons. The Morgan fingerprint density at radius 2 is 2.50 bits per heavy atom. The summed E-state index contributed by atoms with van der Waals surface area (Å²) >= 11 is 5.58. The van der Waals surface area contributed by atoms with E-state index in [2.05, 4.69) is 15.3 Å². The van der Waals surface area contributed by atoms with Crippen LogP contribution in [0.25, 0.3) is 0 Å². The van der Waals surface area contributed by atoms with Crippen LogP contribution in [0.5, 0.6) is 0 Å². The first-order valence-electron chi connectivity index (χ1n) is 3.67. The molecule has 0 aliphatic heterocycles. The first-order valence-corrected chi connectivity index (χ1v) is 4.05. The quantitative estimate of drug-likeness (QED) is 0.689. The molecule has 1 heterocycles. The predicted molar refractivity (Wildman–Crippen MR) is 49.2 cm³/mol. The second-order valence-corrected chi connectivity index (χ2v) is 2.83. The van der Waals surface area contributed by atoms with Crippen molar-refractivity contribution in [2.45, 2.75) is 13.0 Å². The van der Waals surface area contributed by atoms with Gasteiger partial charge in [0.2, 0.25) is 5.28 Å². The van der Waals surface area contributed by atoms with E-state index in [1.54, 1.807) is 12.3 Å². The van der Waals surface area contributed by atoms with Crippen molar-refractivity contribution >= 4 is 17.4 Å². The summed E-state index contributed by atoms with van der Waals surface area (Å²) in [5, 5.41) is 3.31. The summed E-state index contributed by atoms with van der Waals surface area (Å²) < 4.78 is 0. The molecule has 3 N–H and O–H groups in total. The third-order valence-electron chi connectivity index (χ3n) is 1.37. The largest absolute Gasteiger partial charge is 0.366 e. The van der Waals surface area contributed by atoms with Gasteiger partial charge in [0.1, 0.15) is 5.82 Å². The summed E-state index contributed by atoms with van der Waals surface area (Å²) in [4.78, 5) is 7.70. The number of hydrogen-bond acceptors (Lipinski definition) is 4. The molecule has 12 heavy (non-hydrogen) atoms. The zero-order valence-corrected chi connectivity index (χ0v) is 7.54. The average Bonchev–Trinajstić information content (AvgIpc) is 2.04. The molecule has 0 saturated heterocycles. The van der Waals surface area contributed by atoms with Gasteiger partial charge in [-0.25, -0.2) is 9.97 Å². The Kier molecular flexibility index (Phi) is 3.25. The second kappa shape index (κ2) is 4.23. The van der Waals surface area contributed by atoms with E-state index < -0.39 is 0 Å². The van der Waals surface area contributed by atoms with Gasteiger partial charge in [0, 0.05) is 18.8 Å². The molecule has 1 atom stereocenters. The normalized spacial score (nSPS) is 12.6. The molecule has 0 aliphatic carbocycles. The van der Waals surface area contributed by atoms with Gasteiger partial charge in [-0.15, -0.1) is 0 Å². The van der Waals surface area contributed by atoms with Crippen molar-refractivity contribution in [3.63, 3.8) is 0 Å². The van der Waals surface area contributed by atoms with E-state index in [1.807, 2.05) is 6.92 Å². The molecule has 1 aromatic heterocycles. The van der Waals surface area contributed by atoms with Crippen molar-refractivity contribution in [2.75, 3.05) is 11.9 Å². The van der Waals surface area contributed by atoms with Crippen molar-refractivity contribution in [1.82, 2.24) is 9.97 Å². The topological polar surface area (TPSA) is 63.8 Å². The maximum atomic E-state index is 5.58. The Hall–Kier alpha value is -0.870. The number of hydrogen-bond donors (Lipinski definition) is 2. The van der Waals surface area contributed by atoms with Gasteiger partial charge < -0.3 is 11.1 Å². The van der Waals surface area contributed by atoms with Crippen LogP contribution in [0.1, 0.15) is 6.92 Å². The number of rotatable bonds is 3. The van der Waals surface area contributed by atoms with Crippen LogP contribution in [0.15, 0.2) is 12.3 Å². The average molecular weight is 187 g/mol. The number of nitrogens with zero attached hydrogens (tertiary/aromatic N) is 2. The summed E-state index contributed by atoms with van der Waals surface area (Å²) in [5.41, 5.74) is 5.42. The van der Waals surface area contributed by atoms with Crippen LogP contribution in [-0.2, 0) is 0 Å². The summed E-state index contributed by atoms with van der Waals surface area (Å²) in [6.07, 6.45) is 1.60. The molecule has 66 valence electrons. The third-order valence-corrected chi connectivity index (χ3v) is 1.56. The Bertz CT molecular complexity index is 253. The molecular formula is C7H11ClN4. The SMILES string of the molecule is CC(CN)Nc1ccnc(Cl)n1. The maximum Gasteiger partial charge on any atom is 0.224 e. The van der Waals surface area contributed by atoms with Crippen molar-refractivity contribution in [1.29, 1.82) is 0 Å². The van der Waals surface area contributed by atoms with Gasteiger partial charge in [-0.2, -0.15) is 0 Å². The van der Waals surface area contributed by atoms with Crippen molar-refractivity contribution < 1.29 is 0 Å². The molecule has 0 amide bonds. The molecular weight excluding hydrogens is 176 g/mol. The van der Waals surface area contributed by atoms with Gasteiger partial charge in [-0.1, -0.05) is 0 Å². The Morgan fingerprint density at radius 3 is 3.08 bits per heavy atom. The van der Waals surface area contributed by atoms with Gasteiger partial charge in [0.15, 0.2) is 0 Å². The van der Waals surface area contributed by atoms with Crippen LogP contribution in [0, 0.1) is 0 Å². The van der Waals surface area contributed by atoms with Crippen molar-refractivity contribution in [3.8, 4) is 0 Å². The van der Waals surface area contributed by atoms with Crippen LogP contribution in [0.4, 0.5) is 5.82 Å². The second-order valence-electron chi connectivity index (χ2n) is 2.49. The standard InChI is InChI=1S/C7H11ClN4/c1-5(4-9)11-6-2-3-10-7(8)12-6/h2-3,5H,4,9H2,1H3,(H,10,11,12). The molecule has 0 bridgehead atoms. The Balaban J connectivity index is 2.63. The summed E-state index contributed by atoms with van der Waals surface area (Å²) in [5.74, 6) is 0.702. The molecule has 0 spiro atoms. The smallest absolute Gasteiger partial charge is 0.224 e. The highest BCUT2D eigenvalue weighted by Crippen LogP contribution is 2.06. The monoisotopic (exact) mass is 186 g/mol. The van der Waals surface area contributed by atoms with Crippen LogP contribution < -0.4 is 11.1 Å². The van der Waals surface area contributed by atoms with Crippen LogP contribution in [0.3, 0.4) is 0 Å². The van der Waals surface area contributed by atoms with Gasteiger partial charge in [0.25, 0.3) is 0 Å². The highest BCUT2D eigenvalue weighted by molar-refractivity contribution is 6.28. The molecule has 0 aliphatic rings. The summed E-state index contributed by atoms with van der Waals surface area (Å²) in [6, 6.07) is 1.94. The lowest BCUT2D eigenvalue weighted by molar-refractivity contribution is 0.797. The minimum atomic E-state index is 0.191. The molecule has 0 aromatic carbocycles. The first-order chi connectivity index (χ1) is 5.72. The van der Waals surface area contributed by atoms with Crippen LogP contribution >= 0.6 is 11.6 Å². The van der Waals surface area contributed by atoms with Gasteiger partial charge in [-0.05, 0) is 24.6 Å². The molecule has 4 nitrogen and oxygen atoms in total. The molecule has 1 rings (SSSR count). The van der Waals surface area contributed by atoms with E-state index in [0.717, 1.165) is 0 Å². The number of anilines is 1. The van der Waals surface area contributed by atoms with Gasteiger partial charge in [0.05, 0.1) is 0 Å². The van der Waals surface area contributed by atoms with Gasteiger partial charge >= 0.3 is 0 Å². The molecule has 1 unspecified atom stereocenters. The fraction of sp³-hybridized carbons (Fsp3) is 0.429. The predicted octanol–water partition coefficient (Wildman–Crippen LogP) is 0.889. The number of nitrogens with one attached hydrogen (secondary N) is 1. The van der Waals surface area contributed by atoms with Crippen molar-refractivity contribution in [3.05, 3.63) is 17.5 Å². The fourth-order valence-corrected chi connectivity index (χ4v) is 0.874. The van der Waals surface area contributed by atoms with E-state index in [0.29, 0.717) is 12.4 Å². The fourth-order valence-electron chi connectivity index (χ4n) is 0.727. The van der Waals surface area contributed by atoms with E-state index in [1.165, 1.54) is 0 Å². The Labute approximate surface area is 76.2 Å². The van der Waals surface area contributed by atoms with E-state index in [4.69, 9.17) is 17.3 Å². The van der Waals surface area contributed by atoms with Crippen molar-refractivity contribution in [2.24, 2.45) is 5.73 Å². The first kappa shape index (κ1) is 9.22. The molecule has 5 heteroatoms. The van der Waals surface area contributed by atoms with Gasteiger partial charge in [-0.3, -0.25) is 0 Å². The molecule has 0 fully saturated rings. The van der Waals surface area contributed by atoms with E-state index >= 15 is 0 Å². The third kappa shape index (κ3) is 2.64. The minimum Gasteiger partial charge on any atom is -0.366 e. The number of halogens is 1. The summed E-state index contributed by atoms with van der Waals surface area (Å²) in [6.45, 7) is 2.53. The Morgan fingerprint density at radius 1 is 1.75 bits per heavy atom. The number of aromatic nitrogens is 2. The van der Waals surface area contributed by atoms with E-state index in [-0.39, 0.29) is 11.3 Å². The zero-order chi connectivity index (χ0) is 8.97. The molecule has 0 saturated carbocycles. The van der Waals surface area contributed by atoms with Crippen LogP contribution in [-0.4, -0.2) is 22.6 Å². The lowest BCUT2D eigenvalue weighted by atomic mass is 10.3. The minimum absolute atomic E-state index is 0.191. The lowest BCUT2D eigenvalue weighted by Gasteiger charge is -2.10. The lowest BCUT2D eigenvalue weighted by Crippen LogP contribution is -2.25. The highest BCUT2D eigenvalue weighted by Gasteiger charge is 2.00. The van der Waals surface area contributed by atoms with Crippen LogP contribution in [0.2, 0.25) is 5.28 Å². The zero-order valence-electron chi connectivity index (χ0n) is 6.79. The van der Waals surface area contributed by atoms with E-state index in [9.17, 15) is 0 Å². The highest BCUT2D eigenvalue weighted by atomic mass is 35.5. The molecule has 1 aromatic rings. The number of nitrogens with two attached hydrogens (primary N) is 1.